The van der Waals surface area contributed by atoms with Gasteiger partial charge in [-0.25, -0.2) is 0 Å². The monoisotopic (exact) mass is 476 g/mol. The van der Waals surface area contributed by atoms with Crippen LogP contribution >= 0.6 is 0 Å². The number of methoxy groups -OCH3 is 1. The molecule has 0 saturated carbocycles. The fourth-order valence-corrected chi connectivity index (χ4v) is 4.59. The smallest absolute Gasteiger partial charge is 0.254 e. The zero-order valence-electron chi connectivity index (χ0n) is 21.2. The number of likely N-dealkylation sites (N-methyl/N-ethyl adjacent to an activating group) is 1. The van der Waals surface area contributed by atoms with Crippen molar-refractivity contribution < 1.29 is 14.1 Å². The molecule has 186 valence electrons. The molecule has 1 unspecified atom stereocenters. The lowest BCUT2D eigenvalue weighted by atomic mass is 10.0. The highest BCUT2D eigenvalue weighted by atomic mass is 16.5. The summed E-state index contributed by atoms with van der Waals surface area (Å²) >= 11 is 0. The summed E-state index contributed by atoms with van der Waals surface area (Å²) in [7, 11) is 5.65. The van der Waals surface area contributed by atoms with Gasteiger partial charge in [-0.1, -0.05) is 41.6 Å². The highest BCUT2D eigenvalue weighted by Gasteiger charge is 2.30. The van der Waals surface area contributed by atoms with E-state index >= 15 is 0 Å². The van der Waals surface area contributed by atoms with Crippen molar-refractivity contribution in [1.82, 2.24) is 15.0 Å². The molecule has 1 saturated heterocycles. The van der Waals surface area contributed by atoms with Gasteiger partial charge in [0.15, 0.2) is 0 Å². The molecule has 3 aromatic rings. The Morgan fingerprint density at radius 2 is 1.91 bits per heavy atom. The van der Waals surface area contributed by atoms with Crippen LogP contribution in [0.2, 0.25) is 0 Å². The largest absolute Gasteiger partial charge is 0.497 e. The van der Waals surface area contributed by atoms with Gasteiger partial charge in [0.1, 0.15) is 11.4 Å². The lowest BCUT2D eigenvalue weighted by molar-refractivity contribution is 0.0732. The lowest BCUT2D eigenvalue weighted by Gasteiger charge is -2.34. The van der Waals surface area contributed by atoms with Crippen molar-refractivity contribution in [2.24, 2.45) is 0 Å². The molecule has 2 aromatic carbocycles. The number of hydrogen-bond donors (Lipinski definition) is 0. The molecule has 1 aliphatic heterocycles. The number of hydrogen-bond acceptors (Lipinski definition) is 6. The van der Waals surface area contributed by atoms with E-state index in [2.05, 4.69) is 21.9 Å². The average Bonchev–Trinajstić information content (AvgIpc) is 3.30. The average molecular weight is 477 g/mol. The van der Waals surface area contributed by atoms with Crippen LogP contribution in [0.5, 0.6) is 5.75 Å². The predicted molar refractivity (Wildman–Crippen MR) is 139 cm³/mol. The van der Waals surface area contributed by atoms with Gasteiger partial charge in [-0.2, -0.15) is 0 Å². The Balaban J connectivity index is 1.73. The Hall–Kier alpha value is -3.32. The zero-order valence-corrected chi connectivity index (χ0v) is 21.2. The molecule has 2 heterocycles. The number of carbonyl (C=O) groups excluding carboxylic acids is 1. The molecule has 0 bridgehead atoms. The standard InChI is InChI=1S/C28H36N4O3/c1-21-11-8-9-16-32(21)28-25(26(29-35-28)22-12-6-5-7-13-22)20-31(18-17-30(2)3)27(33)23-14-10-15-24(19-23)34-4/h5-7,10,12-15,19,21H,8-9,11,16-18,20H2,1-4H3. The maximum absolute atomic E-state index is 13.7. The second-order valence-corrected chi connectivity index (χ2v) is 9.48. The molecule has 1 atom stereocenters. The van der Waals surface area contributed by atoms with Gasteiger partial charge in [0.05, 0.1) is 19.2 Å². The summed E-state index contributed by atoms with van der Waals surface area (Å²) in [5.41, 5.74) is 3.35. The van der Waals surface area contributed by atoms with Crippen LogP contribution in [0.15, 0.2) is 59.1 Å². The van der Waals surface area contributed by atoms with Crippen molar-refractivity contribution >= 4 is 11.8 Å². The minimum Gasteiger partial charge on any atom is -0.497 e. The Morgan fingerprint density at radius 1 is 1.11 bits per heavy atom. The van der Waals surface area contributed by atoms with Crippen LogP contribution in [0, 0.1) is 0 Å². The third kappa shape index (κ3) is 5.85. The van der Waals surface area contributed by atoms with Crippen LogP contribution in [-0.4, -0.2) is 67.7 Å². The summed E-state index contributed by atoms with van der Waals surface area (Å²) in [6.45, 7) is 4.91. The van der Waals surface area contributed by atoms with E-state index in [9.17, 15) is 4.79 Å². The van der Waals surface area contributed by atoms with Crippen LogP contribution in [0.25, 0.3) is 11.3 Å². The molecule has 4 rings (SSSR count). The van der Waals surface area contributed by atoms with Crippen LogP contribution in [0.1, 0.15) is 42.1 Å². The first-order chi connectivity index (χ1) is 17.0. The second kappa shape index (κ2) is 11.4. The number of carbonyl (C=O) groups is 1. The molecule has 0 N–H and O–H groups in total. The van der Waals surface area contributed by atoms with Gasteiger partial charge in [0.25, 0.3) is 5.91 Å². The fourth-order valence-electron chi connectivity index (χ4n) is 4.59. The maximum Gasteiger partial charge on any atom is 0.254 e. The Bertz CT molecular complexity index is 1110. The van der Waals surface area contributed by atoms with E-state index in [0.29, 0.717) is 30.4 Å². The van der Waals surface area contributed by atoms with Gasteiger partial charge in [-0.3, -0.25) is 4.79 Å². The van der Waals surface area contributed by atoms with E-state index in [1.165, 1.54) is 6.42 Å². The van der Waals surface area contributed by atoms with Crippen molar-refractivity contribution in [2.75, 3.05) is 45.7 Å². The highest BCUT2D eigenvalue weighted by Crippen LogP contribution is 2.35. The topological polar surface area (TPSA) is 62.1 Å². The lowest BCUT2D eigenvalue weighted by Crippen LogP contribution is -2.39. The molecule has 0 radical (unpaired) electrons. The minimum absolute atomic E-state index is 0.0383. The van der Waals surface area contributed by atoms with E-state index in [-0.39, 0.29) is 5.91 Å². The van der Waals surface area contributed by atoms with Crippen LogP contribution in [-0.2, 0) is 6.54 Å². The third-order valence-electron chi connectivity index (χ3n) is 6.65. The molecule has 0 aliphatic carbocycles. The minimum atomic E-state index is -0.0383. The van der Waals surface area contributed by atoms with Crippen LogP contribution in [0.4, 0.5) is 5.88 Å². The van der Waals surface area contributed by atoms with E-state index < -0.39 is 0 Å². The number of aromatic nitrogens is 1. The number of benzene rings is 2. The first-order valence-electron chi connectivity index (χ1n) is 12.4. The first kappa shape index (κ1) is 24.8. The van der Waals surface area contributed by atoms with Crippen molar-refractivity contribution in [3.8, 4) is 17.0 Å². The van der Waals surface area contributed by atoms with Gasteiger partial charge in [-0.15, -0.1) is 0 Å². The van der Waals surface area contributed by atoms with Crippen molar-refractivity contribution in [2.45, 2.75) is 38.8 Å². The Kier molecular flexibility index (Phi) is 8.08. The number of rotatable bonds is 9. The maximum atomic E-state index is 13.7. The number of anilines is 1. The summed E-state index contributed by atoms with van der Waals surface area (Å²) in [6, 6.07) is 17.8. The third-order valence-corrected chi connectivity index (χ3v) is 6.65. The molecule has 1 fully saturated rings. The van der Waals surface area contributed by atoms with Crippen LogP contribution < -0.4 is 9.64 Å². The molecular formula is C28H36N4O3. The zero-order chi connectivity index (χ0) is 24.8. The van der Waals surface area contributed by atoms with Crippen molar-refractivity contribution in [3.05, 3.63) is 65.7 Å². The van der Waals surface area contributed by atoms with Crippen molar-refractivity contribution in [3.63, 3.8) is 0 Å². The van der Waals surface area contributed by atoms with E-state index in [1.54, 1.807) is 13.2 Å². The van der Waals surface area contributed by atoms with E-state index in [4.69, 9.17) is 9.26 Å². The van der Waals surface area contributed by atoms with Gasteiger partial charge < -0.3 is 24.0 Å². The molecular weight excluding hydrogens is 440 g/mol. The number of ether oxygens (including phenoxy) is 1. The predicted octanol–water partition coefficient (Wildman–Crippen LogP) is 4.93. The number of piperidine rings is 1. The number of nitrogens with zero attached hydrogens (tertiary/aromatic N) is 4. The Morgan fingerprint density at radius 3 is 2.63 bits per heavy atom. The summed E-state index contributed by atoms with van der Waals surface area (Å²) in [5, 5.41) is 4.52. The fraction of sp³-hybridized carbons (Fsp3) is 0.429. The molecule has 1 aromatic heterocycles. The Labute approximate surface area is 208 Å². The highest BCUT2D eigenvalue weighted by molar-refractivity contribution is 5.94. The van der Waals surface area contributed by atoms with Gasteiger partial charge in [0.2, 0.25) is 5.88 Å². The molecule has 7 heteroatoms. The molecule has 7 nitrogen and oxygen atoms in total. The second-order valence-electron chi connectivity index (χ2n) is 9.48. The number of amides is 1. The van der Waals surface area contributed by atoms with E-state index in [1.807, 2.05) is 67.5 Å². The first-order valence-corrected chi connectivity index (χ1v) is 12.4. The molecule has 1 aliphatic rings. The van der Waals surface area contributed by atoms with Gasteiger partial charge in [-0.05, 0) is 58.5 Å². The van der Waals surface area contributed by atoms with Crippen molar-refractivity contribution in [1.29, 1.82) is 0 Å². The van der Waals surface area contributed by atoms with E-state index in [0.717, 1.165) is 48.6 Å². The van der Waals surface area contributed by atoms with Gasteiger partial charge in [0, 0.05) is 36.8 Å². The van der Waals surface area contributed by atoms with Crippen LogP contribution in [0.3, 0.4) is 0 Å². The molecule has 35 heavy (non-hydrogen) atoms. The SMILES string of the molecule is COc1cccc(C(=O)N(CCN(C)C)Cc2c(-c3ccccc3)noc2N2CCCCC2C)c1. The summed E-state index contributed by atoms with van der Waals surface area (Å²) in [4.78, 5) is 20.0. The normalized spacial score (nSPS) is 15.9. The molecule has 1 amide bonds. The summed E-state index contributed by atoms with van der Waals surface area (Å²) < 4.78 is 11.4. The quantitative estimate of drug-likeness (QED) is 0.436. The van der Waals surface area contributed by atoms with Gasteiger partial charge >= 0.3 is 0 Å². The molecule has 0 spiro atoms. The summed E-state index contributed by atoms with van der Waals surface area (Å²) in [6.07, 6.45) is 3.46. The summed E-state index contributed by atoms with van der Waals surface area (Å²) in [5.74, 6) is 1.41.